The maximum Gasteiger partial charge on any atom is 0.162 e. The predicted molar refractivity (Wildman–Crippen MR) is 73.4 cm³/mol. The minimum Gasteiger partial charge on any atom is -0.504 e. The lowest BCUT2D eigenvalue weighted by molar-refractivity contribution is 0.371. The van der Waals surface area contributed by atoms with Crippen molar-refractivity contribution < 1.29 is 14.2 Å². The molecule has 0 fully saturated rings. The van der Waals surface area contributed by atoms with Crippen molar-refractivity contribution in [2.45, 2.75) is 6.54 Å². The minimum absolute atomic E-state index is 0.0794. The fourth-order valence-corrected chi connectivity index (χ4v) is 1.93. The highest BCUT2D eigenvalue weighted by atomic mass is 35.5. The van der Waals surface area contributed by atoms with E-state index >= 15 is 0 Å². The van der Waals surface area contributed by atoms with Crippen LogP contribution in [0.1, 0.15) is 5.56 Å². The largest absolute Gasteiger partial charge is 0.504 e. The van der Waals surface area contributed by atoms with Crippen LogP contribution in [0.25, 0.3) is 0 Å². The average molecular weight is 282 g/mol. The van der Waals surface area contributed by atoms with Gasteiger partial charge in [0.1, 0.15) is 5.82 Å². The summed E-state index contributed by atoms with van der Waals surface area (Å²) < 4.78 is 17.9. The second kappa shape index (κ2) is 5.80. The summed E-state index contributed by atoms with van der Waals surface area (Å²) in [5.41, 5.74) is 1.27. The number of phenols is 1. The lowest BCUT2D eigenvalue weighted by atomic mass is 10.2. The first-order chi connectivity index (χ1) is 9.11. The van der Waals surface area contributed by atoms with Crippen LogP contribution in [0.2, 0.25) is 5.02 Å². The van der Waals surface area contributed by atoms with Crippen LogP contribution >= 0.6 is 11.6 Å². The fourth-order valence-electron chi connectivity index (χ4n) is 1.70. The predicted octanol–water partition coefficient (Wildman–Crippen LogP) is 3.81. The van der Waals surface area contributed by atoms with E-state index in [1.165, 1.54) is 19.2 Å². The van der Waals surface area contributed by atoms with Gasteiger partial charge in [0, 0.05) is 12.1 Å². The molecule has 5 heteroatoms. The Labute approximate surface area is 115 Å². The smallest absolute Gasteiger partial charge is 0.162 e. The molecule has 0 radical (unpaired) electrons. The molecule has 100 valence electrons. The zero-order valence-electron chi connectivity index (χ0n) is 10.3. The van der Waals surface area contributed by atoms with Gasteiger partial charge in [-0.05, 0) is 24.3 Å². The quantitative estimate of drug-likeness (QED) is 0.895. The highest BCUT2D eigenvalue weighted by Gasteiger charge is 2.08. The summed E-state index contributed by atoms with van der Waals surface area (Å²) in [6, 6.07) is 9.32. The molecule has 0 aromatic heterocycles. The van der Waals surface area contributed by atoms with Crippen LogP contribution in [-0.4, -0.2) is 12.2 Å². The molecule has 2 N–H and O–H groups in total. The lowest BCUT2D eigenvalue weighted by Crippen LogP contribution is -2.01. The van der Waals surface area contributed by atoms with Gasteiger partial charge < -0.3 is 15.2 Å². The third-order valence-electron chi connectivity index (χ3n) is 2.70. The molecule has 0 heterocycles. The number of hydrogen-bond acceptors (Lipinski definition) is 3. The Morgan fingerprint density at radius 3 is 2.79 bits per heavy atom. The average Bonchev–Trinajstić information content (AvgIpc) is 2.39. The Morgan fingerprint density at radius 2 is 2.11 bits per heavy atom. The Morgan fingerprint density at radius 1 is 1.32 bits per heavy atom. The molecule has 2 aromatic rings. The molecule has 0 amide bonds. The molecule has 2 aromatic carbocycles. The number of benzene rings is 2. The maximum absolute atomic E-state index is 12.9. The van der Waals surface area contributed by atoms with Crippen molar-refractivity contribution in [1.82, 2.24) is 0 Å². The molecule has 0 aliphatic carbocycles. The van der Waals surface area contributed by atoms with Gasteiger partial charge in [0.15, 0.2) is 11.5 Å². The van der Waals surface area contributed by atoms with Crippen LogP contribution in [0.4, 0.5) is 10.1 Å². The van der Waals surface area contributed by atoms with Crippen molar-refractivity contribution in [1.29, 1.82) is 0 Å². The van der Waals surface area contributed by atoms with Gasteiger partial charge >= 0.3 is 0 Å². The van der Waals surface area contributed by atoms with Crippen molar-refractivity contribution in [2.75, 3.05) is 12.4 Å². The van der Waals surface area contributed by atoms with E-state index in [4.69, 9.17) is 16.3 Å². The Hall–Kier alpha value is -1.94. The summed E-state index contributed by atoms with van der Waals surface area (Å²) in [6.45, 7) is 0.356. The third-order valence-corrected chi connectivity index (χ3v) is 3.02. The zero-order valence-corrected chi connectivity index (χ0v) is 11.0. The monoisotopic (exact) mass is 281 g/mol. The van der Waals surface area contributed by atoms with E-state index in [1.54, 1.807) is 24.3 Å². The summed E-state index contributed by atoms with van der Waals surface area (Å²) >= 11 is 5.90. The first-order valence-electron chi connectivity index (χ1n) is 5.65. The Bertz CT molecular complexity index is 590. The standard InChI is InChI=1S/C14H13ClFNO2/c1-19-13-4-2-3-9(14(13)18)8-17-12-6-5-10(16)7-11(12)15/h2-7,17-18H,8H2,1H3. The van der Waals surface area contributed by atoms with Crippen molar-refractivity contribution in [3.8, 4) is 11.5 Å². The van der Waals surface area contributed by atoms with Crippen LogP contribution < -0.4 is 10.1 Å². The molecule has 0 bridgehead atoms. The van der Waals surface area contributed by atoms with Crippen LogP contribution in [0, 0.1) is 5.82 Å². The van der Waals surface area contributed by atoms with E-state index in [2.05, 4.69) is 5.32 Å². The zero-order chi connectivity index (χ0) is 13.8. The van der Waals surface area contributed by atoms with E-state index in [0.29, 0.717) is 28.6 Å². The van der Waals surface area contributed by atoms with Gasteiger partial charge in [0.2, 0.25) is 0 Å². The lowest BCUT2D eigenvalue weighted by Gasteiger charge is -2.11. The molecule has 0 aliphatic heterocycles. The second-order valence-corrected chi connectivity index (χ2v) is 4.35. The Balaban J connectivity index is 2.14. The molecule has 0 atom stereocenters. The van der Waals surface area contributed by atoms with Gasteiger partial charge in [-0.3, -0.25) is 0 Å². The van der Waals surface area contributed by atoms with Crippen LogP contribution in [0.15, 0.2) is 36.4 Å². The summed E-state index contributed by atoms with van der Waals surface area (Å²) in [5, 5.41) is 13.3. The number of rotatable bonds is 4. The van der Waals surface area contributed by atoms with E-state index in [-0.39, 0.29) is 11.6 Å². The molecule has 0 saturated heterocycles. The van der Waals surface area contributed by atoms with Crippen molar-refractivity contribution in [3.63, 3.8) is 0 Å². The summed E-state index contributed by atoms with van der Waals surface area (Å²) in [6.07, 6.45) is 0. The third kappa shape index (κ3) is 3.09. The molecular formula is C14H13ClFNO2. The molecule has 0 unspecified atom stereocenters. The summed E-state index contributed by atoms with van der Waals surface area (Å²) in [4.78, 5) is 0. The first kappa shape index (κ1) is 13.5. The van der Waals surface area contributed by atoms with E-state index in [1.807, 2.05) is 0 Å². The molecule has 0 aliphatic rings. The van der Waals surface area contributed by atoms with Gasteiger partial charge in [0.25, 0.3) is 0 Å². The van der Waals surface area contributed by atoms with E-state index < -0.39 is 0 Å². The number of hydrogen-bond donors (Lipinski definition) is 2. The molecule has 0 saturated carbocycles. The van der Waals surface area contributed by atoms with Gasteiger partial charge in [-0.2, -0.15) is 0 Å². The molecular weight excluding hydrogens is 269 g/mol. The van der Waals surface area contributed by atoms with E-state index in [9.17, 15) is 9.50 Å². The molecule has 19 heavy (non-hydrogen) atoms. The number of nitrogens with one attached hydrogen (secondary N) is 1. The second-order valence-electron chi connectivity index (χ2n) is 3.95. The maximum atomic E-state index is 12.9. The summed E-state index contributed by atoms with van der Waals surface area (Å²) in [7, 11) is 1.49. The topological polar surface area (TPSA) is 41.5 Å². The number of halogens is 2. The van der Waals surface area contributed by atoms with Crippen molar-refractivity contribution in [2.24, 2.45) is 0 Å². The number of phenolic OH excluding ortho intramolecular Hbond substituents is 1. The number of methoxy groups -OCH3 is 1. The molecule has 0 spiro atoms. The van der Waals surface area contributed by atoms with Gasteiger partial charge in [-0.15, -0.1) is 0 Å². The number of ether oxygens (including phenoxy) is 1. The van der Waals surface area contributed by atoms with Crippen LogP contribution in [0.3, 0.4) is 0 Å². The van der Waals surface area contributed by atoms with Crippen LogP contribution in [0.5, 0.6) is 11.5 Å². The normalized spacial score (nSPS) is 10.3. The fraction of sp³-hybridized carbons (Fsp3) is 0.143. The number of aromatic hydroxyl groups is 1. The van der Waals surface area contributed by atoms with E-state index in [0.717, 1.165) is 0 Å². The van der Waals surface area contributed by atoms with Gasteiger partial charge in [-0.25, -0.2) is 4.39 Å². The summed E-state index contributed by atoms with van der Waals surface area (Å²) in [5.74, 6) is 0.0972. The van der Waals surface area contributed by atoms with Crippen LogP contribution in [-0.2, 0) is 6.54 Å². The first-order valence-corrected chi connectivity index (χ1v) is 6.03. The van der Waals surface area contributed by atoms with Gasteiger partial charge in [0.05, 0.1) is 17.8 Å². The van der Waals surface area contributed by atoms with Crippen molar-refractivity contribution >= 4 is 17.3 Å². The highest BCUT2D eigenvalue weighted by molar-refractivity contribution is 6.33. The number of para-hydroxylation sites is 1. The van der Waals surface area contributed by atoms with Gasteiger partial charge in [-0.1, -0.05) is 23.7 Å². The minimum atomic E-state index is -0.389. The SMILES string of the molecule is COc1cccc(CNc2ccc(F)cc2Cl)c1O. The number of anilines is 1. The molecule has 3 nitrogen and oxygen atoms in total. The molecule has 2 rings (SSSR count). The highest BCUT2D eigenvalue weighted by Crippen LogP contribution is 2.30. The Kier molecular flexibility index (Phi) is 4.12. The van der Waals surface area contributed by atoms with Crippen molar-refractivity contribution in [3.05, 3.63) is 52.8 Å².